The van der Waals surface area contributed by atoms with E-state index in [1.165, 1.54) is 0 Å². The lowest BCUT2D eigenvalue weighted by Crippen LogP contribution is -2.48. The van der Waals surface area contributed by atoms with Crippen LogP contribution in [0.1, 0.15) is 11.1 Å². The Morgan fingerprint density at radius 2 is 1.84 bits per heavy atom. The first-order valence-electron chi connectivity index (χ1n) is 8.29. The van der Waals surface area contributed by atoms with Gasteiger partial charge in [-0.1, -0.05) is 12.1 Å². The molecule has 0 aliphatic carbocycles. The zero-order valence-corrected chi connectivity index (χ0v) is 15.0. The molecular formula is C18H23ClN6. The van der Waals surface area contributed by atoms with Crippen LogP contribution in [0.2, 0.25) is 0 Å². The Hall–Kier alpha value is -2.20. The molecule has 0 saturated carbocycles. The Kier molecular flexibility index (Phi) is 7.61. The summed E-state index contributed by atoms with van der Waals surface area (Å²) in [7, 11) is 0. The Labute approximate surface area is 154 Å². The van der Waals surface area contributed by atoms with E-state index >= 15 is 0 Å². The van der Waals surface area contributed by atoms with Crippen molar-refractivity contribution in [2.75, 3.05) is 44.2 Å². The van der Waals surface area contributed by atoms with Gasteiger partial charge in [-0.05, 0) is 23.8 Å². The first-order chi connectivity index (χ1) is 11.8. The lowest BCUT2D eigenvalue weighted by atomic mass is 10.1. The van der Waals surface area contributed by atoms with Gasteiger partial charge in [-0.2, -0.15) is 5.26 Å². The number of nitrogens with one attached hydrogen (secondary N) is 1. The van der Waals surface area contributed by atoms with E-state index in [2.05, 4.69) is 31.2 Å². The second kappa shape index (κ2) is 9.94. The number of hydrogen-bond donors (Lipinski definition) is 1. The summed E-state index contributed by atoms with van der Waals surface area (Å²) in [6, 6.07) is 11.8. The SMILES string of the molecule is Cl.N#Cc1cccc(CNCCN2CCN(c3ncccn3)CC2)c1. The van der Waals surface area contributed by atoms with Crippen LogP contribution in [0.5, 0.6) is 0 Å². The van der Waals surface area contributed by atoms with Crippen LogP contribution in [-0.4, -0.2) is 54.1 Å². The molecule has 1 aliphatic rings. The van der Waals surface area contributed by atoms with Gasteiger partial charge in [0.05, 0.1) is 11.6 Å². The van der Waals surface area contributed by atoms with Gasteiger partial charge in [0.2, 0.25) is 5.95 Å². The molecule has 25 heavy (non-hydrogen) atoms. The average molecular weight is 359 g/mol. The summed E-state index contributed by atoms with van der Waals surface area (Å²) in [5, 5.41) is 12.4. The van der Waals surface area contributed by atoms with Crippen LogP contribution >= 0.6 is 12.4 Å². The van der Waals surface area contributed by atoms with E-state index in [1.54, 1.807) is 12.4 Å². The molecule has 0 radical (unpaired) electrons. The lowest BCUT2D eigenvalue weighted by molar-refractivity contribution is 0.256. The van der Waals surface area contributed by atoms with Crippen molar-refractivity contribution in [1.29, 1.82) is 5.26 Å². The number of piperazine rings is 1. The molecule has 1 aromatic carbocycles. The highest BCUT2D eigenvalue weighted by Crippen LogP contribution is 2.09. The van der Waals surface area contributed by atoms with Crippen molar-refractivity contribution >= 4 is 18.4 Å². The Morgan fingerprint density at radius 3 is 2.56 bits per heavy atom. The predicted molar refractivity (Wildman–Crippen MR) is 101 cm³/mol. The fraction of sp³-hybridized carbons (Fsp3) is 0.389. The highest BCUT2D eigenvalue weighted by Gasteiger charge is 2.17. The summed E-state index contributed by atoms with van der Waals surface area (Å²) < 4.78 is 0. The predicted octanol–water partition coefficient (Wildman–Crippen LogP) is 1.68. The number of hydrogen-bond acceptors (Lipinski definition) is 6. The van der Waals surface area contributed by atoms with Crippen LogP contribution < -0.4 is 10.2 Å². The molecule has 2 aromatic rings. The molecular weight excluding hydrogens is 336 g/mol. The quantitative estimate of drug-likeness (QED) is 0.792. The molecule has 1 fully saturated rings. The molecule has 1 saturated heterocycles. The molecule has 6 nitrogen and oxygen atoms in total. The Balaban J connectivity index is 0.00000225. The smallest absolute Gasteiger partial charge is 0.225 e. The summed E-state index contributed by atoms with van der Waals surface area (Å²) in [5.41, 5.74) is 1.87. The maximum Gasteiger partial charge on any atom is 0.225 e. The minimum absolute atomic E-state index is 0. The van der Waals surface area contributed by atoms with E-state index < -0.39 is 0 Å². The van der Waals surface area contributed by atoms with Gasteiger partial charge in [0.15, 0.2) is 0 Å². The van der Waals surface area contributed by atoms with Crippen molar-refractivity contribution < 1.29 is 0 Å². The Bertz CT molecular complexity index is 679. The van der Waals surface area contributed by atoms with Crippen molar-refractivity contribution in [2.24, 2.45) is 0 Å². The van der Waals surface area contributed by atoms with Gasteiger partial charge < -0.3 is 10.2 Å². The van der Waals surface area contributed by atoms with E-state index in [0.717, 1.165) is 57.3 Å². The Morgan fingerprint density at radius 1 is 1.08 bits per heavy atom. The molecule has 2 heterocycles. The van der Waals surface area contributed by atoms with E-state index in [-0.39, 0.29) is 12.4 Å². The van der Waals surface area contributed by atoms with E-state index in [9.17, 15) is 0 Å². The summed E-state index contributed by atoms with van der Waals surface area (Å²) in [5.74, 6) is 0.827. The van der Waals surface area contributed by atoms with Crippen molar-refractivity contribution in [1.82, 2.24) is 20.2 Å². The summed E-state index contributed by atoms with van der Waals surface area (Å²) in [4.78, 5) is 13.3. The third-order valence-corrected chi connectivity index (χ3v) is 4.20. The third-order valence-electron chi connectivity index (χ3n) is 4.20. The fourth-order valence-electron chi connectivity index (χ4n) is 2.85. The van der Waals surface area contributed by atoms with Crippen LogP contribution in [0.25, 0.3) is 0 Å². The highest BCUT2D eigenvalue weighted by atomic mass is 35.5. The molecule has 3 rings (SSSR count). The lowest BCUT2D eigenvalue weighted by Gasteiger charge is -2.34. The molecule has 132 valence electrons. The number of halogens is 1. The van der Waals surface area contributed by atoms with E-state index in [0.29, 0.717) is 5.56 Å². The first-order valence-corrected chi connectivity index (χ1v) is 8.29. The maximum absolute atomic E-state index is 8.92. The molecule has 0 spiro atoms. The van der Waals surface area contributed by atoms with E-state index in [4.69, 9.17) is 5.26 Å². The maximum atomic E-state index is 8.92. The van der Waals surface area contributed by atoms with Crippen molar-refractivity contribution in [3.05, 3.63) is 53.9 Å². The molecule has 7 heteroatoms. The van der Waals surface area contributed by atoms with Gasteiger partial charge in [-0.25, -0.2) is 9.97 Å². The van der Waals surface area contributed by atoms with E-state index in [1.807, 2.05) is 30.3 Å². The minimum atomic E-state index is 0. The van der Waals surface area contributed by atoms with Crippen LogP contribution in [-0.2, 0) is 6.54 Å². The molecule has 0 unspecified atom stereocenters. The van der Waals surface area contributed by atoms with Crippen molar-refractivity contribution in [2.45, 2.75) is 6.54 Å². The molecule has 0 atom stereocenters. The van der Waals surface area contributed by atoms with Crippen LogP contribution in [0.3, 0.4) is 0 Å². The van der Waals surface area contributed by atoms with Gasteiger partial charge in [0.25, 0.3) is 0 Å². The normalized spacial score (nSPS) is 14.6. The topological polar surface area (TPSA) is 68.1 Å². The number of benzene rings is 1. The third kappa shape index (κ3) is 5.68. The van der Waals surface area contributed by atoms with Crippen molar-refractivity contribution in [3.63, 3.8) is 0 Å². The highest BCUT2D eigenvalue weighted by molar-refractivity contribution is 5.85. The number of nitrogens with zero attached hydrogens (tertiary/aromatic N) is 5. The summed E-state index contributed by atoms with van der Waals surface area (Å²) in [6.07, 6.45) is 3.58. The molecule has 0 bridgehead atoms. The first kappa shape index (κ1) is 19.1. The number of aromatic nitrogens is 2. The van der Waals surface area contributed by atoms with Gasteiger partial charge >= 0.3 is 0 Å². The second-order valence-corrected chi connectivity index (χ2v) is 5.87. The van der Waals surface area contributed by atoms with Crippen LogP contribution in [0.4, 0.5) is 5.95 Å². The fourth-order valence-corrected chi connectivity index (χ4v) is 2.85. The molecule has 1 aromatic heterocycles. The molecule has 0 amide bonds. The van der Waals surface area contributed by atoms with Gasteiger partial charge in [-0.15, -0.1) is 12.4 Å². The van der Waals surface area contributed by atoms with Crippen molar-refractivity contribution in [3.8, 4) is 6.07 Å². The number of rotatable bonds is 6. The number of nitriles is 1. The van der Waals surface area contributed by atoms with Gasteiger partial charge in [0, 0.05) is 58.2 Å². The zero-order chi connectivity index (χ0) is 16.6. The summed E-state index contributed by atoms with van der Waals surface area (Å²) in [6.45, 7) is 6.77. The molecule has 1 aliphatic heterocycles. The zero-order valence-electron chi connectivity index (χ0n) is 14.1. The van der Waals surface area contributed by atoms with Crippen LogP contribution in [0.15, 0.2) is 42.7 Å². The summed E-state index contributed by atoms with van der Waals surface area (Å²) >= 11 is 0. The minimum Gasteiger partial charge on any atom is -0.338 e. The average Bonchev–Trinajstić information content (AvgIpc) is 2.67. The largest absolute Gasteiger partial charge is 0.338 e. The van der Waals surface area contributed by atoms with Gasteiger partial charge in [-0.3, -0.25) is 4.90 Å². The standard InChI is InChI=1S/C18H22N6.ClH/c19-14-16-3-1-4-17(13-16)15-20-7-8-23-9-11-24(12-10-23)18-21-5-2-6-22-18;/h1-6,13,20H,7-12,15H2;1H. The second-order valence-electron chi connectivity index (χ2n) is 5.87. The molecule has 1 N–H and O–H groups in total. The number of anilines is 1. The van der Waals surface area contributed by atoms with Crippen LogP contribution in [0, 0.1) is 11.3 Å². The van der Waals surface area contributed by atoms with Gasteiger partial charge in [0.1, 0.15) is 0 Å². The monoisotopic (exact) mass is 358 g/mol.